The fourth-order valence-corrected chi connectivity index (χ4v) is 4.89. The normalized spacial score (nSPS) is 22.2. The standard InChI is InChI=1S/C24H28N2O3/c27-19-22-24(20-8-3-1-4-9-20,21-10-5-2-6-11-21)12-7-13-26(22)18-23(28)25-14-16-29-17-15-25/h1-6,8-11,19,22H,7,12-18H2. The Balaban J connectivity index is 1.69. The summed E-state index contributed by atoms with van der Waals surface area (Å²) in [6.07, 6.45) is 2.86. The molecule has 2 aliphatic rings. The number of benzene rings is 2. The van der Waals surface area contributed by atoms with Gasteiger partial charge in [0.1, 0.15) is 6.29 Å². The van der Waals surface area contributed by atoms with Crippen LogP contribution in [0.1, 0.15) is 24.0 Å². The number of amides is 1. The fraction of sp³-hybridized carbons (Fsp3) is 0.417. The number of hydrogen-bond acceptors (Lipinski definition) is 4. The maximum atomic E-state index is 12.9. The molecule has 4 rings (SSSR count). The van der Waals surface area contributed by atoms with Crippen molar-refractivity contribution in [2.45, 2.75) is 24.3 Å². The van der Waals surface area contributed by atoms with Gasteiger partial charge in [0, 0.05) is 18.5 Å². The Bertz CT molecular complexity index is 779. The van der Waals surface area contributed by atoms with Crippen molar-refractivity contribution < 1.29 is 14.3 Å². The zero-order valence-electron chi connectivity index (χ0n) is 16.7. The summed E-state index contributed by atoms with van der Waals surface area (Å²) in [7, 11) is 0. The quantitative estimate of drug-likeness (QED) is 0.734. The molecular weight excluding hydrogens is 364 g/mol. The number of ether oxygens (including phenoxy) is 1. The highest BCUT2D eigenvalue weighted by Gasteiger charge is 2.47. The highest BCUT2D eigenvalue weighted by atomic mass is 16.5. The zero-order chi connectivity index (χ0) is 20.1. The minimum Gasteiger partial charge on any atom is -0.378 e. The molecule has 5 heteroatoms. The minimum atomic E-state index is -0.451. The Morgan fingerprint density at radius 3 is 2.10 bits per heavy atom. The molecule has 0 spiro atoms. The topological polar surface area (TPSA) is 49.9 Å². The Kier molecular flexibility index (Phi) is 6.07. The summed E-state index contributed by atoms with van der Waals surface area (Å²) < 4.78 is 5.37. The summed E-state index contributed by atoms with van der Waals surface area (Å²) in [4.78, 5) is 29.4. The molecule has 1 unspecified atom stereocenters. The molecule has 5 nitrogen and oxygen atoms in total. The van der Waals surface area contributed by atoms with Crippen molar-refractivity contribution in [3.63, 3.8) is 0 Å². The molecule has 2 aromatic rings. The second-order valence-corrected chi connectivity index (χ2v) is 7.85. The Morgan fingerprint density at radius 2 is 1.55 bits per heavy atom. The van der Waals surface area contributed by atoms with Crippen LogP contribution in [0.3, 0.4) is 0 Å². The first kappa shape index (κ1) is 19.8. The van der Waals surface area contributed by atoms with E-state index < -0.39 is 5.41 Å². The van der Waals surface area contributed by atoms with Gasteiger partial charge in [0.15, 0.2) is 0 Å². The lowest BCUT2D eigenvalue weighted by Gasteiger charge is -2.48. The highest BCUT2D eigenvalue weighted by Crippen LogP contribution is 2.44. The molecule has 0 aliphatic carbocycles. The van der Waals surface area contributed by atoms with Gasteiger partial charge in [0.25, 0.3) is 0 Å². The zero-order valence-corrected chi connectivity index (χ0v) is 16.7. The van der Waals surface area contributed by atoms with Crippen LogP contribution in [0.25, 0.3) is 0 Å². The lowest BCUT2D eigenvalue weighted by atomic mass is 9.64. The van der Waals surface area contributed by atoms with Gasteiger partial charge in [-0.15, -0.1) is 0 Å². The number of carbonyl (C=O) groups excluding carboxylic acids is 2. The number of aldehydes is 1. The predicted molar refractivity (Wildman–Crippen MR) is 112 cm³/mol. The van der Waals surface area contributed by atoms with Gasteiger partial charge in [-0.25, -0.2) is 0 Å². The van der Waals surface area contributed by atoms with Gasteiger partial charge in [-0.2, -0.15) is 0 Å². The predicted octanol–water partition coefficient (Wildman–Crippen LogP) is 2.49. The molecule has 2 aliphatic heterocycles. The molecule has 2 heterocycles. The van der Waals surface area contributed by atoms with Gasteiger partial charge >= 0.3 is 0 Å². The van der Waals surface area contributed by atoms with Crippen molar-refractivity contribution >= 4 is 12.2 Å². The number of nitrogens with zero attached hydrogens (tertiary/aromatic N) is 2. The van der Waals surface area contributed by atoms with Crippen LogP contribution in [0.4, 0.5) is 0 Å². The van der Waals surface area contributed by atoms with E-state index in [-0.39, 0.29) is 18.5 Å². The van der Waals surface area contributed by atoms with Crippen molar-refractivity contribution in [1.29, 1.82) is 0 Å². The molecule has 2 fully saturated rings. The number of piperidine rings is 1. The lowest BCUT2D eigenvalue weighted by molar-refractivity contribution is -0.138. The number of hydrogen-bond donors (Lipinski definition) is 0. The van der Waals surface area contributed by atoms with Crippen LogP contribution in [-0.4, -0.2) is 67.4 Å². The van der Waals surface area contributed by atoms with E-state index in [1.807, 2.05) is 41.3 Å². The summed E-state index contributed by atoms with van der Waals surface area (Å²) >= 11 is 0. The highest BCUT2D eigenvalue weighted by molar-refractivity contribution is 5.79. The summed E-state index contributed by atoms with van der Waals surface area (Å²) in [5.41, 5.74) is 1.81. The van der Waals surface area contributed by atoms with E-state index >= 15 is 0 Å². The molecule has 0 bridgehead atoms. The molecule has 0 aromatic heterocycles. The second kappa shape index (κ2) is 8.89. The van der Waals surface area contributed by atoms with Crippen molar-refractivity contribution in [3.8, 4) is 0 Å². The number of carbonyl (C=O) groups is 2. The molecule has 152 valence electrons. The van der Waals surface area contributed by atoms with E-state index in [4.69, 9.17) is 4.74 Å². The first-order chi connectivity index (χ1) is 14.3. The van der Waals surface area contributed by atoms with Crippen LogP contribution in [0.2, 0.25) is 0 Å². The van der Waals surface area contributed by atoms with Crippen molar-refractivity contribution in [2.24, 2.45) is 0 Å². The molecule has 0 saturated carbocycles. The summed E-state index contributed by atoms with van der Waals surface area (Å²) in [6.45, 7) is 3.44. The van der Waals surface area contributed by atoms with Gasteiger partial charge in [-0.1, -0.05) is 60.7 Å². The molecule has 2 aromatic carbocycles. The molecule has 2 saturated heterocycles. The van der Waals surface area contributed by atoms with Gasteiger partial charge < -0.3 is 14.4 Å². The molecule has 0 N–H and O–H groups in total. The largest absolute Gasteiger partial charge is 0.378 e. The Labute approximate surface area is 172 Å². The van der Waals surface area contributed by atoms with Crippen molar-refractivity contribution in [3.05, 3.63) is 71.8 Å². The first-order valence-corrected chi connectivity index (χ1v) is 10.4. The van der Waals surface area contributed by atoms with Gasteiger partial charge in [0.2, 0.25) is 5.91 Å². The number of likely N-dealkylation sites (tertiary alicyclic amines) is 1. The average Bonchev–Trinajstić information content (AvgIpc) is 2.80. The summed E-state index contributed by atoms with van der Waals surface area (Å²) in [6, 6.07) is 20.2. The van der Waals surface area contributed by atoms with E-state index in [9.17, 15) is 9.59 Å². The van der Waals surface area contributed by atoms with E-state index in [0.717, 1.165) is 36.8 Å². The molecular formula is C24H28N2O3. The van der Waals surface area contributed by atoms with E-state index in [1.54, 1.807) is 0 Å². The molecule has 1 amide bonds. The fourth-order valence-electron chi connectivity index (χ4n) is 4.89. The SMILES string of the molecule is O=CC1N(CC(=O)N2CCOCC2)CCCC1(c1ccccc1)c1ccccc1. The van der Waals surface area contributed by atoms with Gasteiger partial charge in [-0.3, -0.25) is 9.69 Å². The van der Waals surface area contributed by atoms with Crippen LogP contribution >= 0.6 is 0 Å². The van der Waals surface area contributed by atoms with E-state index in [1.165, 1.54) is 0 Å². The third-order valence-corrected chi connectivity index (χ3v) is 6.32. The van der Waals surface area contributed by atoms with Crippen LogP contribution in [0, 0.1) is 0 Å². The summed E-state index contributed by atoms with van der Waals surface area (Å²) in [5, 5.41) is 0. The number of morpholine rings is 1. The van der Waals surface area contributed by atoms with E-state index in [2.05, 4.69) is 29.2 Å². The van der Waals surface area contributed by atoms with Crippen LogP contribution in [0.15, 0.2) is 60.7 Å². The maximum absolute atomic E-state index is 12.9. The summed E-state index contributed by atoms with van der Waals surface area (Å²) in [5.74, 6) is 0.0806. The monoisotopic (exact) mass is 392 g/mol. The maximum Gasteiger partial charge on any atom is 0.236 e. The van der Waals surface area contributed by atoms with Gasteiger partial charge in [0.05, 0.1) is 25.8 Å². The lowest BCUT2D eigenvalue weighted by Crippen LogP contribution is -2.59. The van der Waals surface area contributed by atoms with Crippen LogP contribution < -0.4 is 0 Å². The van der Waals surface area contributed by atoms with E-state index in [0.29, 0.717) is 26.3 Å². The van der Waals surface area contributed by atoms with Crippen molar-refractivity contribution in [1.82, 2.24) is 9.80 Å². The van der Waals surface area contributed by atoms with Crippen molar-refractivity contribution in [2.75, 3.05) is 39.4 Å². The third-order valence-electron chi connectivity index (χ3n) is 6.32. The molecule has 1 atom stereocenters. The Hall–Kier alpha value is -2.50. The second-order valence-electron chi connectivity index (χ2n) is 7.85. The minimum absolute atomic E-state index is 0.0806. The first-order valence-electron chi connectivity index (χ1n) is 10.4. The Morgan fingerprint density at radius 1 is 0.966 bits per heavy atom. The average molecular weight is 392 g/mol. The molecule has 29 heavy (non-hydrogen) atoms. The molecule has 0 radical (unpaired) electrons. The third kappa shape index (κ3) is 3.85. The number of rotatable bonds is 5. The van der Waals surface area contributed by atoms with Gasteiger partial charge in [-0.05, 0) is 30.5 Å². The van der Waals surface area contributed by atoms with Crippen LogP contribution in [0.5, 0.6) is 0 Å². The van der Waals surface area contributed by atoms with Crippen LogP contribution in [-0.2, 0) is 19.7 Å². The smallest absolute Gasteiger partial charge is 0.236 e.